The van der Waals surface area contributed by atoms with Gasteiger partial charge in [0.1, 0.15) is 0 Å². The van der Waals surface area contributed by atoms with Crippen molar-refractivity contribution in [3.05, 3.63) is 58.6 Å². The van der Waals surface area contributed by atoms with E-state index in [4.69, 9.17) is 0 Å². The van der Waals surface area contributed by atoms with Crippen LogP contribution in [0.3, 0.4) is 0 Å². The number of piperazine rings is 1. The van der Waals surface area contributed by atoms with Crippen LogP contribution < -0.4 is 15.1 Å². The van der Waals surface area contributed by atoms with Gasteiger partial charge in [-0.25, -0.2) is 0 Å². The third-order valence-corrected chi connectivity index (χ3v) is 4.69. The van der Waals surface area contributed by atoms with Crippen LogP contribution in [0.4, 0.5) is 11.4 Å². The van der Waals surface area contributed by atoms with Gasteiger partial charge in [-0.3, -0.25) is 4.79 Å². The van der Waals surface area contributed by atoms with Gasteiger partial charge in [-0.2, -0.15) is 0 Å². The molecule has 0 aliphatic carbocycles. The van der Waals surface area contributed by atoms with E-state index >= 15 is 0 Å². The topological polar surface area (TPSA) is 36.8 Å². The molecule has 120 valence electrons. The lowest BCUT2D eigenvalue weighted by molar-refractivity contribution is -0.880. The molecule has 23 heavy (non-hydrogen) atoms. The molecule has 0 spiro atoms. The monoisotopic (exact) mass is 374 g/mol. The summed E-state index contributed by atoms with van der Waals surface area (Å²) < 4.78 is 0.903. The van der Waals surface area contributed by atoms with E-state index in [0.717, 1.165) is 42.0 Å². The summed E-state index contributed by atoms with van der Waals surface area (Å²) in [5, 5.41) is 3.05. The van der Waals surface area contributed by atoms with Crippen LogP contribution in [0.1, 0.15) is 10.4 Å². The summed E-state index contributed by atoms with van der Waals surface area (Å²) in [5.74, 6) is -0.0847. The van der Waals surface area contributed by atoms with Gasteiger partial charge in [0.2, 0.25) is 0 Å². The van der Waals surface area contributed by atoms with E-state index < -0.39 is 0 Å². The first-order chi connectivity index (χ1) is 11.1. The zero-order chi connectivity index (χ0) is 16.2. The average molecular weight is 375 g/mol. The highest BCUT2D eigenvalue weighted by atomic mass is 79.9. The fourth-order valence-electron chi connectivity index (χ4n) is 2.81. The summed E-state index contributed by atoms with van der Waals surface area (Å²) in [6, 6.07) is 15.5. The van der Waals surface area contributed by atoms with Gasteiger partial charge in [0.25, 0.3) is 5.91 Å². The van der Waals surface area contributed by atoms with Crippen molar-refractivity contribution in [1.82, 2.24) is 0 Å². The molecule has 0 radical (unpaired) electrons. The molecule has 0 unspecified atom stereocenters. The molecule has 5 heteroatoms. The number of carbonyl (C=O) groups excluding carboxylic acids is 1. The van der Waals surface area contributed by atoms with Gasteiger partial charge >= 0.3 is 0 Å². The van der Waals surface area contributed by atoms with Crippen molar-refractivity contribution in [3.63, 3.8) is 0 Å². The fraction of sp³-hybridized carbons (Fsp3) is 0.278. The van der Waals surface area contributed by atoms with Gasteiger partial charge in [0.05, 0.1) is 44.6 Å². The lowest BCUT2D eigenvalue weighted by Crippen LogP contribution is -3.12. The Morgan fingerprint density at radius 1 is 1.13 bits per heavy atom. The molecule has 1 fully saturated rings. The Morgan fingerprint density at radius 3 is 2.61 bits per heavy atom. The number of likely N-dealkylation sites (N-methyl/N-ethyl adjacent to an activating group) is 1. The van der Waals surface area contributed by atoms with Gasteiger partial charge in [-0.15, -0.1) is 0 Å². The number of hydrogen-bond acceptors (Lipinski definition) is 2. The number of nitrogens with zero attached hydrogens (tertiary/aromatic N) is 1. The Hall–Kier alpha value is -1.85. The summed E-state index contributed by atoms with van der Waals surface area (Å²) in [7, 11) is 2.22. The number of nitrogens with one attached hydrogen (secondary N) is 2. The first kappa shape index (κ1) is 16.0. The minimum Gasteiger partial charge on any atom is -0.359 e. The number of anilines is 2. The molecular weight excluding hydrogens is 354 g/mol. The van der Waals surface area contributed by atoms with Crippen LogP contribution in [0.25, 0.3) is 0 Å². The third-order valence-electron chi connectivity index (χ3n) is 4.20. The van der Waals surface area contributed by atoms with Crippen molar-refractivity contribution in [2.45, 2.75) is 0 Å². The standard InChI is InChI=1S/C18H20BrN3O/c1-21-9-11-22(12-10-21)17-8-3-2-7-16(17)20-18(23)14-5-4-6-15(19)13-14/h2-8,13H,9-12H2,1H3,(H,20,23)/p+1. The molecule has 0 saturated carbocycles. The predicted molar refractivity (Wildman–Crippen MR) is 97.4 cm³/mol. The molecule has 0 bridgehead atoms. The van der Waals surface area contributed by atoms with Crippen molar-refractivity contribution in [2.75, 3.05) is 43.4 Å². The van der Waals surface area contributed by atoms with Crippen molar-refractivity contribution >= 4 is 33.2 Å². The summed E-state index contributed by atoms with van der Waals surface area (Å²) >= 11 is 3.41. The number of rotatable bonds is 3. The van der Waals surface area contributed by atoms with E-state index in [-0.39, 0.29) is 5.91 Å². The van der Waals surface area contributed by atoms with Crippen molar-refractivity contribution in [1.29, 1.82) is 0 Å². The number of amides is 1. The maximum atomic E-state index is 12.5. The molecule has 1 saturated heterocycles. The second-order valence-corrected chi connectivity index (χ2v) is 6.84. The van der Waals surface area contributed by atoms with Crippen molar-refractivity contribution in [2.24, 2.45) is 0 Å². The highest BCUT2D eigenvalue weighted by Gasteiger charge is 2.20. The lowest BCUT2D eigenvalue weighted by atomic mass is 10.2. The first-order valence-corrected chi connectivity index (χ1v) is 8.65. The summed E-state index contributed by atoms with van der Waals surface area (Å²) in [5.41, 5.74) is 2.62. The number of halogens is 1. The summed E-state index contributed by atoms with van der Waals surface area (Å²) in [6.07, 6.45) is 0. The number of carbonyl (C=O) groups is 1. The predicted octanol–water partition coefficient (Wildman–Crippen LogP) is 2.04. The Balaban J connectivity index is 1.79. The maximum absolute atomic E-state index is 12.5. The lowest BCUT2D eigenvalue weighted by Gasteiger charge is -2.33. The molecule has 2 aromatic rings. The first-order valence-electron chi connectivity index (χ1n) is 7.85. The number of hydrogen-bond donors (Lipinski definition) is 2. The van der Waals surface area contributed by atoms with Crippen LogP contribution in [0.5, 0.6) is 0 Å². The second-order valence-electron chi connectivity index (χ2n) is 5.93. The van der Waals surface area contributed by atoms with Gasteiger partial charge < -0.3 is 15.1 Å². The van der Waals surface area contributed by atoms with E-state index in [9.17, 15) is 4.79 Å². The molecule has 1 heterocycles. The molecule has 1 aliphatic rings. The van der Waals surface area contributed by atoms with Crippen LogP contribution in [-0.4, -0.2) is 39.1 Å². The Labute approximate surface area is 145 Å². The van der Waals surface area contributed by atoms with Crippen LogP contribution in [-0.2, 0) is 0 Å². The van der Waals surface area contributed by atoms with Crippen LogP contribution in [0, 0.1) is 0 Å². The third kappa shape index (κ3) is 3.92. The number of para-hydroxylation sites is 2. The van der Waals surface area contributed by atoms with Crippen LogP contribution in [0.15, 0.2) is 53.0 Å². The van der Waals surface area contributed by atoms with E-state index in [0.29, 0.717) is 5.56 Å². The highest BCUT2D eigenvalue weighted by molar-refractivity contribution is 9.10. The second kappa shape index (κ2) is 7.15. The summed E-state index contributed by atoms with van der Waals surface area (Å²) in [6.45, 7) is 4.26. The van der Waals surface area contributed by atoms with Gasteiger partial charge in [-0.1, -0.05) is 34.1 Å². The molecule has 1 aliphatic heterocycles. The van der Waals surface area contributed by atoms with Crippen LogP contribution in [0.2, 0.25) is 0 Å². The quantitative estimate of drug-likeness (QED) is 0.862. The molecule has 1 amide bonds. The van der Waals surface area contributed by atoms with E-state index in [1.807, 2.05) is 42.5 Å². The SMILES string of the molecule is C[NH+]1CCN(c2ccccc2NC(=O)c2cccc(Br)c2)CC1. The molecule has 0 atom stereocenters. The van der Waals surface area contributed by atoms with E-state index in [1.54, 1.807) is 4.90 Å². The normalized spacial score (nSPS) is 15.5. The van der Waals surface area contributed by atoms with Crippen molar-refractivity contribution < 1.29 is 9.69 Å². The largest absolute Gasteiger partial charge is 0.359 e. The average Bonchev–Trinajstić information content (AvgIpc) is 2.56. The molecule has 0 aromatic heterocycles. The summed E-state index contributed by atoms with van der Waals surface area (Å²) in [4.78, 5) is 16.4. The zero-order valence-electron chi connectivity index (χ0n) is 13.2. The van der Waals surface area contributed by atoms with Crippen LogP contribution >= 0.6 is 15.9 Å². The Morgan fingerprint density at radius 2 is 1.87 bits per heavy atom. The van der Waals surface area contributed by atoms with Gasteiger partial charge in [0.15, 0.2) is 0 Å². The number of quaternary nitrogens is 1. The van der Waals surface area contributed by atoms with E-state index in [1.165, 1.54) is 0 Å². The smallest absolute Gasteiger partial charge is 0.255 e. The van der Waals surface area contributed by atoms with E-state index in [2.05, 4.69) is 39.3 Å². The number of benzene rings is 2. The zero-order valence-corrected chi connectivity index (χ0v) is 14.8. The minimum atomic E-state index is -0.0847. The fourth-order valence-corrected chi connectivity index (χ4v) is 3.21. The maximum Gasteiger partial charge on any atom is 0.255 e. The molecular formula is C18H21BrN3O+. The van der Waals surface area contributed by atoms with Crippen molar-refractivity contribution in [3.8, 4) is 0 Å². The molecule has 4 nitrogen and oxygen atoms in total. The van der Waals surface area contributed by atoms with Gasteiger partial charge in [0, 0.05) is 10.0 Å². The molecule has 3 rings (SSSR count). The Kier molecular flexibility index (Phi) is 4.98. The molecule has 2 N–H and O–H groups in total. The Bertz CT molecular complexity index is 696. The highest BCUT2D eigenvalue weighted by Crippen LogP contribution is 2.26. The van der Waals surface area contributed by atoms with Gasteiger partial charge in [-0.05, 0) is 30.3 Å². The minimum absolute atomic E-state index is 0.0847. The molecule has 2 aromatic carbocycles.